The van der Waals surface area contributed by atoms with Crippen molar-refractivity contribution < 1.29 is 4.74 Å². The van der Waals surface area contributed by atoms with Gasteiger partial charge in [0.2, 0.25) is 0 Å². The number of pyridine rings is 1. The normalized spacial score (nSPS) is 19.1. The van der Waals surface area contributed by atoms with Crippen LogP contribution in [0, 0.1) is 5.92 Å². The van der Waals surface area contributed by atoms with Gasteiger partial charge in [-0.3, -0.25) is 4.98 Å². The predicted molar refractivity (Wildman–Crippen MR) is 77.0 cm³/mol. The molecule has 1 unspecified atom stereocenters. The average molecular weight is 256 g/mol. The molecule has 0 saturated carbocycles. The number of rotatable bonds is 5. The van der Waals surface area contributed by atoms with E-state index in [-0.39, 0.29) is 0 Å². The fourth-order valence-electron chi connectivity index (χ4n) is 2.67. The van der Waals surface area contributed by atoms with Gasteiger partial charge in [-0.05, 0) is 49.5 Å². The van der Waals surface area contributed by atoms with Crippen molar-refractivity contribution in [2.75, 3.05) is 19.7 Å². The molecule has 1 aliphatic rings. The average Bonchev–Trinajstić information content (AvgIpc) is 2.97. The standard InChI is InChI=1S/C16H20N2O/c1-2-4-16-15(3-1)14(6-9-18-16)12-19-10-7-13-5-8-17-11-13/h1-4,6,9,13,17H,5,7-8,10-12H2. The Balaban J connectivity index is 1.56. The number of fused-ring (bicyclic) bond motifs is 1. The molecule has 3 rings (SSSR count). The summed E-state index contributed by atoms with van der Waals surface area (Å²) in [6.45, 7) is 3.85. The summed E-state index contributed by atoms with van der Waals surface area (Å²) < 4.78 is 5.83. The number of aromatic nitrogens is 1. The lowest BCUT2D eigenvalue weighted by atomic mass is 10.1. The Morgan fingerprint density at radius 3 is 3.11 bits per heavy atom. The lowest BCUT2D eigenvalue weighted by Gasteiger charge is -2.10. The Morgan fingerprint density at radius 1 is 1.26 bits per heavy atom. The molecule has 0 radical (unpaired) electrons. The van der Waals surface area contributed by atoms with Crippen molar-refractivity contribution in [2.24, 2.45) is 5.92 Å². The number of benzene rings is 1. The summed E-state index contributed by atoms with van der Waals surface area (Å²) in [7, 11) is 0. The highest BCUT2D eigenvalue weighted by Gasteiger charge is 2.13. The Labute approximate surface area is 114 Å². The molecule has 1 N–H and O–H groups in total. The van der Waals surface area contributed by atoms with Gasteiger partial charge < -0.3 is 10.1 Å². The van der Waals surface area contributed by atoms with Gasteiger partial charge >= 0.3 is 0 Å². The highest BCUT2D eigenvalue weighted by atomic mass is 16.5. The van der Waals surface area contributed by atoms with Crippen molar-refractivity contribution in [3.05, 3.63) is 42.1 Å². The monoisotopic (exact) mass is 256 g/mol. The Kier molecular flexibility index (Phi) is 4.06. The first-order valence-corrected chi connectivity index (χ1v) is 7.04. The second-order valence-corrected chi connectivity index (χ2v) is 5.19. The number of nitrogens with zero attached hydrogens (tertiary/aromatic N) is 1. The largest absolute Gasteiger partial charge is 0.377 e. The van der Waals surface area contributed by atoms with Crippen LogP contribution in [0.2, 0.25) is 0 Å². The van der Waals surface area contributed by atoms with E-state index in [0.717, 1.165) is 31.0 Å². The zero-order valence-electron chi connectivity index (χ0n) is 11.1. The smallest absolute Gasteiger partial charge is 0.0723 e. The van der Waals surface area contributed by atoms with Crippen LogP contribution in [0.25, 0.3) is 10.9 Å². The Hall–Kier alpha value is -1.45. The van der Waals surface area contributed by atoms with Crippen LogP contribution in [-0.4, -0.2) is 24.7 Å². The zero-order valence-corrected chi connectivity index (χ0v) is 11.1. The molecule has 2 aromatic rings. The summed E-state index contributed by atoms with van der Waals surface area (Å²) in [5.74, 6) is 0.800. The molecule has 1 fully saturated rings. The van der Waals surface area contributed by atoms with Gasteiger partial charge in [-0.25, -0.2) is 0 Å². The second kappa shape index (κ2) is 6.13. The van der Waals surface area contributed by atoms with Crippen molar-refractivity contribution >= 4 is 10.9 Å². The van der Waals surface area contributed by atoms with Crippen LogP contribution in [0.15, 0.2) is 36.5 Å². The number of nitrogens with one attached hydrogen (secondary N) is 1. The molecule has 1 aliphatic heterocycles. The van der Waals surface area contributed by atoms with Gasteiger partial charge in [-0.15, -0.1) is 0 Å². The van der Waals surface area contributed by atoms with Gasteiger partial charge in [-0.2, -0.15) is 0 Å². The van der Waals surface area contributed by atoms with Crippen LogP contribution in [0.3, 0.4) is 0 Å². The van der Waals surface area contributed by atoms with Crippen molar-refractivity contribution in [1.82, 2.24) is 10.3 Å². The van der Waals surface area contributed by atoms with Crippen LogP contribution in [-0.2, 0) is 11.3 Å². The Bertz CT molecular complexity index is 530. The maximum absolute atomic E-state index is 5.83. The van der Waals surface area contributed by atoms with E-state index >= 15 is 0 Å². The van der Waals surface area contributed by atoms with E-state index in [9.17, 15) is 0 Å². The maximum atomic E-state index is 5.83. The summed E-state index contributed by atoms with van der Waals surface area (Å²) >= 11 is 0. The van der Waals surface area contributed by atoms with Gasteiger partial charge in [0, 0.05) is 18.2 Å². The quantitative estimate of drug-likeness (QED) is 0.835. The topological polar surface area (TPSA) is 34.1 Å². The molecular formula is C16H20N2O. The third kappa shape index (κ3) is 3.11. The van der Waals surface area contributed by atoms with Crippen LogP contribution in [0.4, 0.5) is 0 Å². The molecule has 1 saturated heterocycles. The van der Waals surface area contributed by atoms with E-state index in [1.54, 1.807) is 0 Å². The molecular weight excluding hydrogens is 236 g/mol. The first-order valence-electron chi connectivity index (χ1n) is 7.04. The molecule has 0 bridgehead atoms. The van der Waals surface area contributed by atoms with Gasteiger partial charge in [-0.1, -0.05) is 18.2 Å². The van der Waals surface area contributed by atoms with Gasteiger partial charge in [0.05, 0.1) is 12.1 Å². The zero-order chi connectivity index (χ0) is 12.9. The molecule has 0 aliphatic carbocycles. The van der Waals surface area contributed by atoms with E-state index in [1.165, 1.54) is 23.9 Å². The fourth-order valence-corrected chi connectivity index (χ4v) is 2.67. The van der Waals surface area contributed by atoms with E-state index in [2.05, 4.69) is 28.5 Å². The Morgan fingerprint density at radius 2 is 2.21 bits per heavy atom. The van der Waals surface area contributed by atoms with Gasteiger partial charge in [0.15, 0.2) is 0 Å². The minimum atomic E-state index is 0.684. The summed E-state index contributed by atoms with van der Waals surface area (Å²) in [6.07, 6.45) is 4.32. The molecule has 2 heterocycles. The summed E-state index contributed by atoms with van der Waals surface area (Å²) in [6, 6.07) is 10.3. The highest BCUT2D eigenvalue weighted by molar-refractivity contribution is 5.81. The molecule has 1 aromatic heterocycles. The van der Waals surface area contributed by atoms with Crippen molar-refractivity contribution in [1.29, 1.82) is 0 Å². The van der Waals surface area contributed by atoms with Crippen molar-refractivity contribution in [2.45, 2.75) is 19.4 Å². The van der Waals surface area contributed by atoms with Crippen LogP contribution in [0.1, 0.15) is 18.4 Å². The van der Waals surface area contributed by atoms with Crippen molar-refractivity contribution in [3.8, 4) is 0 Å². The van der Waals surface area contributed by atoms with E-state index in [4.69, 9.17) is 4.74 Å². The van der Waals surface area contributed by atoms with Crippen LogP contribution in [0.5, 0.6) is 0 Å². The molecule has 3 nitrogen and oxygen atoms in total. The first kappa shape index (κ1) is 12.6. The minimum Gasteiger partial charge on any atom is -0.377 e. The first-order chi connectivity index (χ1) is 9.43. The lowest BCUT2D eigenvalue weighted by Crippen LogP contribution is -2.10. The SMILES string of the molecule is c1ccc2c(COCCC3CCNC3)ccnc2c1. The van der Waals surface area contributed by atoms with E-state index in [1.807, 2.05) is 18.3 Å². The van der Waals surface area contributed by atoms with E-state index in [0.29, 0.717) is 6.61 Å². The van der Waals surface area contributed by atoms with Crippen molar-refractivity contribution in [3.63, 3.8) is 0 Å². The van der Waals surface area contributed by atoms with Crippen LogP contribution >= 0.6 is 0 Å². The maximum Gasteiger partial charge on any atom is 0.0723 e. The molecule has 19 heavy (non-hydrogen) atoms. The third-order valence-corrected chi connectivity index (χ3v) is 3.83. The number of hydrogen-bond acceptors (Lipinski definition) is 3. The summed E-state index contributed by atoms with van der Waals surface area (Å²) in [5.41, 5.74) is 2.28. The molecule has 100 valence electrons. The van der Waals surface area contributed by atoms with Gasteiger partial charge in [0.1, 0.15) is 0 Å². The number of hydrogen-bond donors (Lipinski definition) is 1. The predicted octanol–water partition coefficient (Wildman–Crippen LogP) is 2.75. The highest BCUT2D eigenvalue weighted by Crippen LogP contribution is 2.17. The van der Waals surface area contributed by atoms with E-state index < -0.39 is 0 Å². The summed E-state index contributed by atoms with van der Waals surface area (Å²) in [5, 5.41) is 4.59. The van der Waals surface area contributed by atoms with Gasteiger partial charge in [0.25, 0.3) is 0 Å². The van der Waals surface area contributed by atoms with Crippen LogP contribution < -0.4 is 5.32 Å². The number of para-hydroxylation sites is 1. The minimum absolute atomic E-state index is 0.684. The third-order valence-electron chi connectivity index (χ3n) is 3.83. The molecule has 0 spiro atoms. The molecule has 0 amide bonds. The molecule has 1 aromatic carbocycles. The second-order valence-electron chi connectivity index (χ2n) is 5.19. The summed E-state index contributed by atoms with van der Waals surface area (Å²) in [4.78, 5) is 4.37. The lowest BCUT2D eigenvalue weighted by molar-refractivity contribution is 0.110. The molecule has 3 heteroatoms. The molecule has 1 atom stereocenters. The number of ether oxygens (including phenoxy) is 1. The fraction of sp³-hybridized carbons (Fsp3) is 0.438.